The zero-order valence-corrected chi connectivity index (χ0v) is 11.7. The first-order valence-corrected chi connectivity index (χ1v) is 7.73. The minimum atomic E-state index is 0.0284. The monoisotopic (exact) mass is 253 g/mol. The first-order chi connectivity index (χ1) is 8.79. The van der Waals surface area contributed by atoms with Gasteiger partial charge in [-0.05, 0) is 58.0 Å². The molecule has 0 N–H and O–H groups in total. The fourth-order valence-electron chi connectivity index (χ4n) is 3.25. The Morgan fingerprint density at radius 3 is 2.44 bits per heavy atom. The van der Waals surface area contributed by atoms with Crippen LogP contribution < -0.4 is 0 Å². The molecule has 3 nitrogen and oxygen atoms in total. The van der Waals surface area contributed by atoms with E-state index < -0.39 is 0 Å². The lowest BCUT2D eigenvalue weighted by Crippen LogP contribution is -2.35. The van der Waals surface area contributed by atoms with Gasteiger partial charge in [0.25, 0.3) is 0 Å². The summed E-state index contributed by atoms with van der Waals surface area (Å²) >= 11 is 0. The third-order valence-electron chi connectivity index (χ3n) is 4.38. The molecule has 0 aromatic carbocycles. The second-order valence-electron chi connectivity index (χ2n) is 5.76. The predicted molar refractivity (Wildman–Crippen MR) is 72.5 cm³/mol. The number of nitrogens with zero attached hydrogens (tertiary/aromatic N) is 1. The molecule has 1 aliphatic carbocycles. The molecule has 1 saturated carbocycles. The lowest BCUT2D eigenvalue weighted by Gasteiger charge is -2.27. The lowest BCUT2D eigenvalue weighted by molar-refractivity contribution is -0.151. The van der Waals surface area contributed by atoms with E-state index in [0.29, 0.717) is 12.5 Å². The van der Waals surface area contributed by atoms with Crippen LogP contribution in [-0.4, -0.2) is 36.1 Å². The van der Waals surface area contributed by atoms with Crippen LogP contribution in [0.5, 0.6) is 0 Å². The molecule has 1 atom stereocenters. The highest BCUT2D eigenvalue weighted by Crippen LogP contribution is 2.22. The van der Waals surface area contributed by atoms with Crippen molar-refractivity contribution in [2.24, 2.45) is 0 Å². The number of likely N-dealkylation sites (tertiary alicyclic amines) is 1. The molecule has 0 amide bonds. The van der Waals surface area contributed by atoms with Gasteiger partial charge in [-0.3, -0.25) is 9.69 Å². The van der Waals surface area contributed by atoms with Gasteiger partial charge in [0.1, 0.15) is 6.10 Å². The molecular weight excluding hydrogens is 226 g/mol. The SMILES string of the molecule is CCC(CC(=O)OC1CCCCC1)N1CCCC1. The maximum Gasteiger partial charge on any atom is 0.307 e. The van der Waals surface area contributed by atoms with Crippen molar-refractivity contribution in [3.05, 3.63) is 0 Å². The average Bonchev–Trinajstić information content (AvgIpc) is 2.91. The minimum Gasteiger partial charge on any atom is -0.462 e. The van der Waals surface area contributed by atoms with Gasteiger partial charge in [0.15, 0.2) is 0 Å². The van der Waals surface area contributed by atoms with Gasteiger partial charge in [-0.2, -0.15) is 0 Å². The van der Waals surface area contributed by atoms with Crippen LogP contribution in [0, 0.1) is 0 Å². The van der Waals surface area contributed by atoms with Crippen LogP contribution in [0.1, 0.15) is 64.7 Å². The first kappa shape index (κ1) is 13.9. The number of rotatable bonds is 5. The van der Waals surface area contributed by atoms with Gasteiger partial charge >= 0.3 is 5.97 Å². The Labute approximate surface area is 111 Å². The summed E-state index contributed by atoms with van der Waals surface area (Å²) < 4.78 is 5.62. The van der Waals surface area contributed by atoms with Crippen molar-refractivity contribution in [2.45, 2.75) is 76.9 Å². The number of ether oxygens (including phenoxy) is 1. The molecule has 0 aromatic heterocycles. The van der Waals surface area contributed by atoms with Crippen molar-refractivity contribution in [1.29, 1.82) is 0 Å². The summed E-state index contributed by atoms with van der Waals surface area (Å²) in [5.41, 5.74) is 0. The number of carbonyl (C=O) groups is 1. The summed E-state index contributed by atoms with van der Waals surface area (Å²) in [6, 6.07) is 0.406. The molecule has 18 heavy (non-hydrogen) atoms. The second-order valence-corrected chi connectivity index (χ2v) is 5.76. The van der Waals surface area contributed by atoms with Crippen LogP contribution in [0.3, 0.4) is 0 Å². The highest BCUT2D eigenvalue weighted by atomic mass is 16.5. The number of carbonyl (C=O) groups excluding carboxylic acids is 1. The van der Waals surface area contributed by atoms with Crippen LogP contribution in [0.15, 0.2) is 0 Å². The lowest BCUT2D eigenvalue weighted by atomic mass is 9.98. The largest absolute Gasteiger partial charge is 0.462 e. The standard InChI is InChI=1S/C15H27NO2/c1-2-13(16-10-6-7-11-16)12-15(17)18-14-8-4-3-5-9-14/h13-14H,2-12H2,1H3. The molecule has 104 valence electrons. The van der Waals surface area contributed by atoms with Gasteiger partial charge in [-0.25, -0.2) is 0 Å². The number of hydrogen-bond donors (Lipinski definition) is 0. The minimum absolute atomic E-state index is 0.0284. The Morgan fingerprint density at radius 2 is 1.83 bits per heavy atom. The molecule has 0 aromatic rings. The van der Waals surface area contributed by atoms with Crippen LogP contribution in [0.25, 0.3) is 0 Å². The van der Waals surface area contributed by atoms with E-state index in [1.54, 1.807) is 0 Å². The van der Waals surface area contributed by atoms with Crippen LogP contribution >= 0.6 is 0 Å². The molecule has 1 aliphatic heterocycles. The zero-order valence-electron chi connectivity index (χ0n) is 11.7. The van der Waals surface area contributed by atoms with Gasteiger partial charge < -0.3 is 4.74 Å². The van der Waals surface area contributed by atoms with E-state index in [1.807, 2.05) is 0 Å². The molecule has 2 rings (SSSR count). The van der Waals surface area contributed by atoms with Gasteiger partial charge in [-0.15, -0.1) is 0 Å². The van der Waals surface area contributed by atoms with Crippen molar-refractivity contribution in [3.63, 3.8) is 0 Å². The smallest absolute Gasteiger partial charge is 0.307 e. The molecule has 1 heterocycles. The van der Waals surface area contributed by atoms with Gasteiger partial charge in [0.05, 0.1) is 6.42 Å². The van der Waals surface area contributed by atoms with Crippen LogP contribution in [0.4, 0.5) is 0 Å². The molecule has 2 aliphatic rings. The molecule has 0 bridgehead atoms. The van der Waals surface area contributed by atoms with Crippen molar-refractivity contribution in [3.8, 4) is 0 Å². The van der Waals surface area contributed by atoms with Gasteiger partial charge in [0, 0.05) is 6.04 Å². The van der Waals surface area contributed by atoms with E-state index in [4.69, 9.17) is 4.74 Å². The summed E-state index contributed by atoms with van der Waals surface area (Å²) in [5, 5.41) is 0. The van der Waals surface area contributed by atoms with E-state index in [-0.39, 0.29) is 12.1 Å². The topological polar surface area (TPSA) is 29.5 Å². The number of hydrogen-bond acceptors (Lipinski definition) is 3. The third kappa shape index (κ3) is 3.98. The molecule has 2 fully saturated rings. The first-order valence-electron chi connectivity index (χ1n) is 7.73. The third-order valence-corrected chi connectivity index (χ3v) is 4.38. The van der Waals surface area contributed by atoms with E-state index in [1.165, 1.54) is 32.1 Å². The summed E-state index contributed by atoms with van der Waals surface area (Å²) in [6.45, 7) is 4.50. The Balaban J connectivity index is 1.73. The zero-order chi connectivity index (χ0) is 12.8. The average molecular weight is 253 g/mol. The maximum atomic E-state index is 12.0. The fraction of sp³-hybridized carbons (Fsp3) is 0.933. The summed E-state index contributed by atoms with van der Waals surface area (Å²) in [7, 11) is 0. The fourth-order valence-corrected chi connectivity index (χ4v) is 3.25. The molecule has 1 unspecified atom stereocenters. The summed E-state index contributed by atoms with van der Waals surface area (Å²) in [6.07, 6.45) is 10.3. The van der Waals surface area contributed by atoms with Crippen LogP contribution in [0.2, 0.25) is 0 Å². The molecule has 3 heteroatoms. The van der Waals surface area contributed by atoms with E-state index in [0.717, 1.165) is 32.4 Å². The predicted octanol–water partition coefficient (Wildman–Crippen LogP) is 3.13. The number of esters is 1. The van der Waals surface area contributed by atoms with Gasteiger partial charge in [-0.1, -0.05) is 13.3 Å². The van der Waals surface area contributed by atoms with E-state index in [9.17, 15) is 4.79 Å². The van der Waals surface area contributed by atoms with Crippen molar-refractivity contribution in [2.75, 3.05) is 13.1 Å². The summed E-state index contributed by atoms with van der Waals surface area (Å²) in [5.74, 6) is 0.0284. The van der Waals surface area contributed by atoms with E-state index >= 15 is 0 Å². The molecule has 0 spiro atoms. The molecular formula is C15H27NO2. The van der Waals surface area contributed by atoms with Gasteiger partial charge in [0.2, 0.25) is 0 Å². The highest BCUT2D eigenvalue weighted by Gasteiger charge is 2.25. The second kappa shape index (κ2) is 7.13. The van der Waals surface area contributed by atoms with Crippen molar-refractivity contribution >= 4 is 5.97 Å². The van der Waals surface area contributed by atoms with Crippen molar-refractivity contribution in [1.82, 2.24) is 4.90 Å². The molecule has 0 radical (unpaired) electrons. The highest BCUT2D eigenvalue weighted by molar-refractivity contribution is 5.70. The Kier molecular flexibility index (Phi) is 5.48. The Bertz CT molecular complexity index is 255. The summed E-state index contributed by atoms with van der Waals surface area (Å²) in [4.78, 5) is 14.4. The van der Waals surface area contributed by atoms with E-state index in [2.05, 4.69) is 11.8 Å². The Hall–Kier alpha value is -0.570. The van der Waals surface area contributed by atoms with Crippen LogP contribution in [-0.2, 0) is 9.53 Å². The quantitative estimate of drug-likeness (QED) is 0.705. The Morgan fingerprint density at radius 1 is 1.17 bits per heavy atom. The van der Waals surface area contributed by atoms with Crippen molar-refractivity contribution < 1.29 is 9.53 Å². The molecule has 1 saturated heterocycles. The normalized spacial score (nSPS) is 24.1. The maximum absolute atomic E-state index is 12.0.